The maximum atomic E-state index is 12.1. The standard InChI is InChI=1S/C12H19N3O5/c1-20-8-4-7(5-8)14-12(19)15-3-2-13-11(18)9(15)6-10(16)17/h7-9H,2-6H2,1H3,(H,13,18)(H,14,19)(H,16,17). The molecule has 8 heteroatoms. The minimum absolute atomic E-state index is 0.0305. The number of piperazine rings is 1. The van der Waals surface area contributed by atoms with E-state index in [9.17, 15) is 14.4 Å². The molecular formula is C12H19N3O5. The summed E-state index contributed by atoms with van der Waals surface area (Å²) in [5.41, 5.74) is 0. The normalized spacial score (nSPS) is 29.4. The van der Waals surface area contributed by atoms with Gasteiger partial charge in [0.25, 0.3) is 0 Å². The number of urea groups is 1. The quantitative estimate of drug-likeness (QED) is 0.623. The van der Waals surface area contributed by atoms with Gasteiger partial charge in [0.15, 0.2) is 0 Å². The number of hydrogen-bond acceptors (Lipinski definition) is 4. The number of carboxylic acid groups (broad SMARTS) is 1. The highest BCUT2D eigenvalue weighted by atomic mass is 16.5. The molecule has 3 N–H and O–H groups in total. The second-order valence-corrected chi connectivity index (χ2v) is 5.07. The average molecular weight is 285 g/mol. The van der Waals surface area contributed by atoms with Crippen LogP contribution in [0.15, 0.2) is 0 Å². The predicted molar refractivity (Wildman–Crippen MR) is 68.1 cm³/mol. The summed E-state index contributed by atoms with van der Waals surface area (Å²) in [5.74, 6) is -1.52. The van der Waals surface area contributed by atoms with E-state index in [1.807, 2.05) is 0 Å². The van der Waals surface area contributed by atoms with Gasteiger partial charge in [-0.3, -0.25) is 9.59 Å². The molecule has 1 saturated heterocycles. The van der Waals surface area contributed by atoms with Gasteiger partial charge in [-0.15, -0.1) is 0 Å². The van der Waals surface area contributed by atoms with Crippen LogP contribution in [0.25, 0.3) is 0 Å². The maximum absolute atomic E-state index is 12.1. The number of nitrogens with one attached hydrogen (secondary N) is 2. The molecule has 1 heterocycles. The lowest BCUT2D eigenvalue weighted by Crippen LogP contribution is -2.62. The number of carboxylic acids is 1. The van der Waals surface area contributed by atoms with Gasteiger partial charge >= 0.3 is 12.0 Å². The van der Waals surface area contributed by atoms with E-state index in [0.717, 1.165) is 12.8 Å². The van der Waals surface area contributed by atoms with Gasteiger partial charge < -0.3 is 25.4 Å². The summed E-state index contributed by atoms with van der Waals surface area (Å²) in [6.07, 6.45) is 1.27. The van der Waals surface area contributed by atoms with Crippen LogP contribution >= 0.6 is 0 Å². The Morgan fingerprint density at radius 1 is 1.50 bits per heavy atom. The van der Waals surface area contributed by atoms with Crippen molar-refractivity contribution in [1.82, 2.24) is 15.5 Å². The number of rotatable bonds is 4. The monoisotopic (exact) mass is 285 g/mol. The van der Waals surface area contributed by atoms with Crippen molar-refractivity contribution in [3.8, 4) is 0 Å². The summed E-state index contributed by atoms with van der Waals surface area (Å²) in [6.45, 7) is 0.656. The van der Waals surface area contributed by atoms with Crippen LogP contribution in [-0.2, 0) is 14.3 Å². The minimum Gasteiger partial charge on any atom is -0.481 e. The number of hydrogen-bond donors (Lipinski definition) is 3. The molecule has 20 heavy (non-hydrogen) atoms. The molecule has 0 aromatic rings. The molecule has 1 saturated carbocycles. The molecule has 2 aliphatic rings. The predicted octanol–water partition coefficient (Wildman–Crippen LogP) is -0.851. The highest BCUT2D eigenvalue weighted by Crippen LogP contribution is 2.23. The smallest absolute Gasteiger partial charge is 0.318 e. The first-order chi connectivity index (χ1) is 9.51. The summed E-state index contributed by atoms with van der Waals surface area (Å²) >= 11 is 0. The molecule has 3 amide bonds. The van der Waals surface area contributed by atoms with Crippen molar-refractivity contribution >= 4 is 17.9 Å². The molecule has 8 nitrogen and oxygen atoms in total. The molecule has 0 radical (unpaired) electrons. The zero-order valence-electron chi connectivity index (χ0n) is 11.3. The van der Waals surface area contributed by atoms with Crippen LogP contribution < -0.4 is 10.6 Å². The molecule has 0 aromatic heterocycles. The van der Waals surface area contributed by atoms with Crippen LogP contribution in [0.5, 0.6) is 0 Å². The molecule has 112 valence electrons. The van der Waals surface area contributed by atoms with E-state index in [-0.39, 0.29) is 24.6 Å². The number of nitrogens with zero attached hydrogens (tertiary/aromatic N) is 1. The van der Waals surface area contributed by atoms with Gasteiger partial charge in [-0.1, -0.05) is 0 Å². The van der Waals surface area contributed by atoms with Gasteiger partial charge in [0.2, 0.25) is 5.91 Å². The summed E-state index contributed by atoms with van der Waals surface area (Å²) < 4.78 is 5.13. The van der Waals surface area contributed by atoms with Crippen LogP contribution in [0.1, 0.15) is 19.3 Å². The third-order valence-corrected chi connectivity index (χ3v) is 3.72. The van der Waals surface area contributed by atoms with E-state index in [0.29, 0.717) is 13.1 Å². The fourth-order valence-electron chi connectivity index (χ4n) is 2.46. The van der Waals surface area contributed by atoms with E-state index in [1.165, 1.54) is 4.90 Å². The third kappa shape index (κ3) is 3.19. The van der Waals surface area contributed by atoms with Crippen molar-refractivity contribution in [2.45, 2.75) is 37.5 Å². The Bertz CT molecular complexity index is 408. The Morgan fingerprint density at radius 2 is 2.20 bits per heavy atom. The highest BCUT2D eigenvalue weighted by Gasteiger charge is 2.37. The van der Waals surface area contributed by atoms with Gasteiger partial charge in [0.1, 0.15) is 6.04 Å². The summed E-state index contributed by atoms with van der Waals surface area (Å²) in [5, 5.41) is 14.2. The van der Waals surface area contributed by atoms with Crippen molar-refractivity contribution in [1.29, 1.82) is 0 Å². The zero-order chi connectivity index (χ0) is 14.7. The Kier molecular flexibility index (Phi) is 4.43. The molecule has 1 aliphatic carbocycles. The van der Waals surface area contributed by atoms with Gasteiger partial charge in [0.05, 0.1) is 12.5 Å². The fourth-order valence-corrected chi connectivity index (χ4v) is 2.46. The van der Waals surface area contributed by atoms with Crippen molar-refractivity contribution in [3.05, 3.63) is 0 Å². The fraction of sp³-hybridized carbons (Fsp3) is 0.750. The van der Waals surface area contributed by atoms with Crippen molar-refractivity contribution in [2.24, 2.45) is 0 Å². The molecule has 0 spiro atoms. The van der Waals surface area contributed by atoms with E-state index < -0.39 is 17.9 Å². The molecule has 1 atom stereocenters. The van der Waals surface area contributed by atoms with Crippen molar-refractivity contribution in [3.63, 3.8) is 0 Å². The molecule has 0 bridgehead atoms. The maximum Gasteiger partial charge on any atom is 0.318 e. The van der Waals surface area contributed by atoms with Crippen LogP contribution in [-0.4, -0.2) is 66.3 Å². The second-order valence-electron chi connectivity index (χ2n) is 5.07. The highest BCUT2D eigenvalue weighted by molar-refractivity contribution is 5.91. The van der Waals surface area contributed by atoms with Gasteiger partial charge in [-0.05, 0) is 12.8 Å². The van der Waals surface area contributed by atoms with Crippen LogP contribution in [0.3, 0.4) is 0 Å². The molecule has 1 unspecified atom stereocenters. The van der Waals surface area contributed by atoms with Gasteiger partial charge in [0, 0.05) is 26.2 Å². The Labute approximate surface area is 116 Å². The molecule has 2 rings (SSSR count). The Balaban J connectivity index is 1.92. The minimum atomic E-state index is -1.10. The topological polar surface area (TPSA) is 108 Å². The lowest BCUT2D eigenvalue weighted by molar-refractivity contribution is -0.142. The zero-order valence-corrected chi connectivity index (χ0v) is 11.3. The number of amides is 3. The van der Waals surface area contributed by atoms with Crippen molar-refractivity contribution < 1.29 is 24.2 Å². The third-order valence-electron chi connectivity index (χ3n) is 3.72. The second kappa shape index (κ2) is 6.08. The number of aliphatic carboxylic acids is 1. The molecule has 1 aliphatic heterocycles. The summed E-state index contributed by atoms with van der Waals surface area (Å²) in [7, 11) is 1.63. The lowest BCUT2D eigenvalue weighted by Gasteiger charge is -2.39. The first-order valence-corrected chi connectivity index (χ1v) is 6.60. The largest absolute Gasteiger partial charge is 0.481 e. The first-order valence-electron chi connectivity index (χ1n) is 6.60. The van der Waals surface area contributed by atoms with E-state index in [1.54, 1.807) is 7.11 Å². The average Bonchev–Trinajstić information content (AvgIpc) is 2.35. The number of carbonyl (C=O) groups is 3. The summed E-state index contributed by atoms with van der Waals surface area (Å²) in [4.78, 5) is 35.9. The van der Waals surface area contributed by atoms with E-state index in [2.05, 4.69) is 10.6 Å². The SMILES string of the molecule is COC1CC(NC(=O)N2CCNC(=O)C2CC(=O)O)C1. The van der Waals surface area contributed by atoms with E-state index >= 15 is 0 Å². The van der Waals surface area contributed by atoms with Crippen LogP contribution in [0.2, 0.25) is 0 Å². The van der Waals surface area contributed by atoms with Crippen LogP contribution in [0, 0.1) is 0 Å². The number of carbonyl (C=O) groups excluding carboxylic acids is 2. The Hall–Kier alpha value is -1.83. The molecule has 2 fully saturated rings. The van der Waals surface area contributed by atoms with Crippen LogP contribution in [0.4, 0.5) is 4.79 Å². The molecular weight excluding hydrogens is 266 g/mol. The van der Waals surface area contributed by atoms with Gasteiger partial charge in [-0.2, -0.15) is 0 Å². The molecule has 0 aromatic carbocycles. The van der Waals surface area contributed by atoms with Gasteiger partial charge in [-0.25, -0.2) is 4.79 Å². The Morgan fingerprint density at radius 3 is 2.80 bits per heavy atom. The summed E-state index contributed by atoms with van der Waals surface area (Å²) in [6, 6.07) is -1.30. The number of ether oxygens (including phenoxy) is 1. The van der Waals surface area contributed by atoms with E-state index in [4.69, 9.17) is 9.84 Å². The lowest BCUT2D eigenvalue weighted by atomic mass is 9.89. The number of methoxy groups -OCH3 is 1. The van der Waals surface area contributed by atoms with Crippen molar-refractivity contribution in [2.75, 3.05) is 20.2 Å². The first kappa shape index (κ1) is 14.6.